The molecule has 1 atom stereocenters. The van der Waals surface area contributed by atoms with Crippen LogP contribution in [0, 0.1) is 0 Å². The Morgan fingerprint density at radius 1 is 1.08 bits per heavy atom. The number of fused-ring (bicyclic) bond motifs is 1. The number of aryl methyl sites for hydroxylation is 1. The van der Waals surface area contributed by atoms with Crippen LogP contribution in [0.3, 0.4) is 0 Å². The van der Waals surface area contributed by atoms with Crippen LogP contribution in [0.1, 0.15) is 48.5 Å². The van der Waals surface area contributed by atoms with Gasteiger partial charge < -0.3 is 9.80 Å². The van der Waals surface area contributed by atoms with Gasteiger partial charge in [0.2, 0.25) is 0 Å². The van der Waals surface area contributed by atoms with Gasteiger partial charge in [-0.05, 0) is 68.9 Å². The normalized spacial score (nSPS) is 20.0. The van der Waals surface area contributed by atoms with Crippen LogP contribution in [0.5, 0.6) is 0 Å². The van der Waals surface area contributed by atoms with Crippen molar-refractivity contribution in [1.29, 1.82) is 0 Å². The average molecular weight is 369 g/mol. The number of carbonyl (C=O) groups is 1. The molecule has 0 spiro atoms. The van der Waals surface area contributed by atoms with E-state index in [2.05, 4.69) is 30.0 Å². The summed E-state index contributed by atoms with van der Waals surface area (Å²) in [5.41, 5.74) is 3.99. The van der Waals surface area contributed by atoms with Crippen molar-refractivity contribution in [2.45, 2.75) is 45.1 Å². The zero-order valence-electron chi connectivity index (χ0n) is 15.2. The molecular weight excluding hydrogens is 344 g/mol. The van der Waals surface area contributed by atoms with Gasteiger partial charge in [-0.2, -0.15) is 0 Å². The first-order valence-corrected chi connectivity index (χ1v) is 9.99. The van der Waals surface area contributed by atoms with Crippen LogP contribution in [0.4, 0.5) is 11.4 Å². The van der Waals surface area contributed by atoms with E-state index in [1.54, 1.807) is 0 Å². The highest BCUT2D eigenvalue weighted by Crippen LogP contribution is 2.33. The van der Waals surface area contributed by atoms with Crippen LogP contribution < -0.4 is 9.80 Å². The first-order valence-electron chi connectivity index (χ1n) is 9.61. The molecule has 0 radical (unpaired) electrons. The SMILES string of the molecule is CC1CCCc2ccccc2N1C(=O)c1ccc(N2CCCC2)cc1Cl. The summed E-state index contributed by atoms with van der Waals surface area (Å²) in [5.74, 6) is 0.00446. The van der Waals surface area contributed by atoms with Crippen LogP contribution in [0.15, 0.2) is 42.5 Å². The molecule has 0 saturated carbocycles. The van der Waals surface area contributed by atoms with E-state index in [0.717, 1.165) is 43.7 Å². The van der Waals surface area contributed by atoms with Crippen molar-refractivity contribution in [3.05, 3.63) is 58.6 Å². The van der Waals surface area contributed by atoms with E-state index in [-0.39, 0.29) is 11.9 Å². The number of hydrogen-bond donors (Lipinski definition) is 0. The molecule has 2 aliphatic heterocycles. The molecule has 26 heavy (non-hydrogen) atoms. The maximum atomic E-state index is 13.4. The van der Waals surface area contributed by atoms with Gasteiger partial charge in [-0.3, -0.25) is 4.79 Å². The van der Waals surface area contributed by atoms with Crippen molar-refractivity contribution in [3.8, 4) is 0 Å². The number of nitrogens with zero attached hydrogens (tertiary/aromatic N) is 2. The number of anilines is 2. The first kappa shape index (κ1) is 17.4. The minimum absolute atomic E-state index is 0.00446. The van der Waals surface area contributed by atoms with Crippen molar-refractivity contribution in [3.63, 3.8) is 0 Å². The number of rotatable bonds is 2. The molecule has 136 valence electrons. The fourth-order valence-electron chi connectivity index (χ4n) is 4.20. The van der Waals surface area contributed by atoms with Gasteiger partial charge in [0.1, 0.15) is 0 Å². The maximum Gasteiger partial charge on any atom is 0.260 e. The number of para-hydroxylation sites is 1. The third kappa shape index (κ3) is 3.21. The third-order valence-corrected chi connectivity index (χ3v) is 5.95. The molecule has 4 rings (SSSR count). The summed E-state index contributed by atoms with van der Waals surface area (Å²) in [6.45, 7) is 4.27. The quantitative estimate of drug-likeness (QED) is 0.717. The summed E-state index contributed by atoms with van der Waals surface area (Å²) in [4.78, 5) is 17.7. The summed E-state index contributed by atoms with van der Waals surface area (Å²) >= 11 is 6.56. The van der Waals surface area contributed by atoms with Gasteiger partial charge in [-0.25, -0.2) is 0 Å². The fourth-order valence-corrected chi connectivity index (χ4v) is 4.46. The lowest BCUT2D eigenvalue weighted by Gasteiger charge is -2.29. The third-order valence-electron chi connectivity index (χ3n) is 5.63. The topological polar surface area (TPSA) is 23.6 Å². The minimum Gasteiger partial charge on any atom is -0.371 e. The maximum absolute atomic E-state index is 13.4. The molecule has 2 heterocycles. The summed E-state index contributed by atoms with van der Waals surface area (Å²) in [7, 11) is 0. The van der Waals surface area contributed by atoms with E-state index >= 15 is 0 Å². The Balaban J connectivity index is 1.68. The first-order chi connectivity index (χ1) is 12.6. The van der Waals surface area contributed by atoms with Crippen LogP contribution in [-0.4, -0.2) is 25.0 Å². The van der Waals surface area contributed by atoms with E-state index < -0.39 is 0 Å². The number of carbonyl (C=O) groups excluding carboxylic acids is 1. The Morgan fingerprint density at radius 2 is 1.85 bits per heavy atom. The van der Waals surface area contributed by atoms with Crippen molar-refractivity contribution in [2.75, 3.05) is 22.9 Å². The molecule has 1 amide bonds. The second-order valence-corrected chi connectivity index (χ2v) is 7.81. The molecular formula is C22H25ClN2O. The molecule has 0 aromatic heterocycles. The molecule has 1 unspecified atom stereocenters. The molecule has 2 aromatic rings. The lowest BCUT2D eigenvalue weighted by molar-refractivity contribution is 0.0978. The summed E-state index contributed by atoms with van der Waals surface area (Å²) < 4.78 is 0. The van der Waals surface area contributed by atoms with Crippen molar-refractivity contribution >= 4 is 28.9 Å². The Kier molecular flexibility index (Phi) is 4.90. The highest BCUT2D eigenvalue weighted by Gasteiger charge is 2.28. The summed E-state index contributed by atoms with van der Waals surface area (Å²) in [5, 5.41) is 0.549. The minimum atomic E-state index is 0.00446. The largest absolute Gasteiger partial charge is 0.371 e. The zero-order valence-corrected chi connectivity index (χ0v) is 16.0. The van der Waals surface area contributed by atoms with Crippen LogP contribution >= 0.6 is 11.6 Å². The van der Waals surface area contributed by atoms with E-state index in [1.807, 2.05) is 29.2 Å². The average Bonchev–Trinajstić information content (AvgIpc) is 3.12. The highest BCUT2D eigenvalue weighted by molar-refractivity contribution is 6.35. The standard InChI is InChI=1S/C22H25ClN2O/c1-16-7-6-9-17-8-2-3-10-21(17)25(16)22(26)19-12-11-18(15-20(19)23)24-13-4-5-14-24/h2-3,8,10-12,15-16H,4-7,9,13-14H2,1H3. The summed E-state index contributed by atoms with van der Waals surface area (Å²) in [6, 6.07) is 14.3. The predicted octanol–water partition coefficient (Wildman–Crippen LogP) is 5.31. The van der Waals surface area contributed by atoms with Gasteiger partial charge in [0, 0.05) is 30.5 Å². The van der Waals surface area contributed by atoms with E-state index in [4.69, 9.17) is 11.6 Å². The molecule has 0 bridgehead atoms. The second kappa shape index (κ2) is 7.32. The van der Waals surface area contributed by atoms with Gasteiger partial charge >= 0.3 is 0 Å². The van der Waals surface area contributed by atoms with E-state index in [1.165, 1.54) is 18.4 Å². The Morgan fingerprint density at radius 3 is 2.62 bits per heavy atom. The molecule has 0 aliphatic carbocycles. The molecule has 1 fully saturated rings. The smallest absolute Gasteiger partial charge is 0.260 e. The lowest BCUT2D eigenvalue weighted by atomic mass is 10.1. The van der Waals surface area contributed by atoms with Crippen molar-refractivity contribution in [1.82, 2.24) is 0 Å². The Hall–Kier alpha value is -2.00. The molecule has 0 N–H and O–H groups in total. The molecule has 3 nitrogen and oxygen atoms in total. The van der Waals surface area contributed by atoms with Crippen LogP contribution in [0.25, 0.3) is 0 Å². The number of halogens is 1. The van der Waals surface area contributed by atoms with Gasteiger partial charge in [-0.15, -0.1) is 0 Å². The molecule has 1 saturated heterocycles. The Labute approximate surface area is 160 Å². The van der Waals surface area contributed by atoms with Crippen LogP contribution in [0.2, 0.25) is 5.02 Å². The molecule has 4 heteroatoms. The predicted molar refractivity (Wildman–Crippen MR) is 109 cm³/mol. The monoisotopic (exact) mass is 368 g/mol. The molecule has 2 aromatic carbocycles. The number of hydrogen-bond acceptors (Lipinski definition) is 2. The van der Waals surface area contributed by atoms with Gasteiger partial charge in [-0.1, -0.05) is 29.8 Å². The second-order valence-electron chi connectivity index (χ2n) is 7.40. The van der Waals surface area contributed by atoms with Crippen molar-refractivity contribution < 1.29 is 4.79 Å². The van der Waals surface area contributed by atoms with Crippen LogP contribution in [-0.2, 0) is 6.42 Å². The fraction of sp³-hybridized carbons (Fsp3) is 0.409. The van der Waals surface area contributed by atoms with Gasteiger partial charge in [0.25, 0.3) is 5.91 Å². The van der Waals surface area contributed by atoms with Gasteiger partial charge in [0.05, 0.1) is 10.6 Å². The lowest BCUT2D eigenvalue weighted by Crippen LogP contribution is -2.38. The number of amides is 1. The summed E-state index contributed by atoms with van der Waals surface area (Å²) in [6.07, 6.45) is 5.57. The number of benzene rings is 2. The highest BCUT2D eigenvalue weighted by atomic mass is 35.5. The zero-order chi connectivity index (χ0) is 18.1. The Bertz CT molecular complexity index is 814. The molecule has 2 aliphatic rings. The van der Waals surface area contributed by atoms with E-state index in [0.29, 0.717) is 10.6 Å². The van der Waals surface area contributed by atoms with Gasteiger partial charge in [0.15, 0.2) is 0 Å². The van der Waals surface area contributed by atoms with Crippen molar-refractivity contribution in [2.24, 2.45) is 0 Å². The van der Waals surface area contributed by atoms with E-state index in [9.17, 15) is 4.79 Å².